The second kappa shape index (κ2) is 6.43. The molecule has 2 nitrogen and oxygen atoms in total. The molecule has 0 fully saturated rings. The van der Waals surface area contributed by atoms with E-state index in [1.165, 1.54) is 22.3 Å². The molecule has 2 rings (SSSR count). The molecule has 1 unspecified atom stereocenters. The maximum atomic E-state index is 6.40. The van der Waals surface area contributed by atoms with Crippen molar-refractivity contribution >= 4 is 11.4 Å². The lowest BCUT2D eigenvalue weighted by molar-refractivity contribution is 0.821. The van der Waals surface area contributed by atoms with Gasteiger partial charge in [0.1, 0.15) is 0 Å². The average Bonchev–Trinajstić information content (AvgIpc) is 2.47. The first-order valence-corrected chi connectivity index (χ1v) is 8.09. The van der Waals surface area contributed by atoms with Crippen LogP contribution in [0, 0.1) is 0 Å². The topological polar surface area (TPSA) is 52.0 Å². The van der Waals surface area contributed by atoms with Crippen LogP contribution in [0.25, 0.3) is 0 Å². The number of anilines is 2. The third-order valence-corrected chi connectivity index (χ3v) is 4.45. The molecule has 2 aromatic carbocycles. The van der Waals surface area contributed by atoms with E-state index >= 15 is 0 Å². The molecule has 118 valence electrons. The Morgan fingerprint density at radius 3 is 1.55 bits per heavy atom. The fraction of sp³-hybridized carbons (Fsp3) is 0.400. The maximum absolute atomic E-state index is 6.40. The van der Waals surface area contributed by atoms with Crippen molar-refractivity contribution in [1.29, 1.82) is 0 Å². The summed E-state index contributed by atoms with van der Waals surface area (Å²) in [5.41, 5.74) is 19.1. The fourth-order valence-corrected chi connectivity index (χ4v) is 2.91. The van der Waals surface area contributed by atoms with E-state index in [2.05, 4.69) is 58.9 Å². The summed E-state index contributed by atoms with van der Waals surface area (Å²) in [6.07, 6.45) is 0. The Balaban J connectivity index is 2.52. The molecule has 2 aromatic rings. The predicted octanol–water partition coefficient (Wildman–Crippen LogP) is 5.25. The van der Waals surface area contributed by atoms with E-state index in [1.54, 1.807) is 0 Å². The summed E-state index contributed by atoms with van der Waals surface area (Å²) >= 11 is 0. The highest BCUT2D eigenvalue weighted by Gasteiger charge is 2.17. The van der Waals surface area contributed by atoms with Gasteiger partial charge in [-0.05, 0) is 46.2 Å². The van der Waals surface area contributed by atoms with Crippen LogP contribution in [0.5, 0.6) is 0 Å². The van der Waals surface area contributed by atoms with Crippen molar-refractivity contribution in [3.05, 3.63) is 58.7 Å². The number of rotatable bonds is 4. The Morgan fingerprint density at radius 2 is 1.14 bits per heavy atom. The lowest BCUT2D eigenvalue weighted by Gasteiger charge is -2.22. The Bertz CT molecular complexity index is 610. The van der Waals surface area contributed by atoms with Crippen molar-refractivity contribution in [2.24, 2.45) is 0 Å². The van der Waals surface area contributed by atoms with Gasteiger partial charge in [0.15, 0.2) is 0 Å². The first-order chi connectivity index (χ1) is 10.3. The van der Waals surface area contributed by atoms with Crippen LogP contribution < -0.4 is 11.5 Å². The number of nitrogen functional groups attached to an aromatic ring is 2. The van der Waals surface area contributed by atoms with Crippen molar-refractivity contribution < 1.29 is 0 Å². The molecule has 0 radical (unpaired) electrons. The van der Waals surface area contributed by atoms with Crippen LogP contribution in [0.15, 0.2) is 36.4 Å². The highest BCUT2D eigenvalue weighted by molar-refractivity contribution is 5.59. The first-order valence-electron chi connectivity index (χ1n) is 8.09. The minimum atomic E-state index is 0.330. The summed E-state index contributed by atoms with van der Waals surface area (Å²) in [4.78, 5) is 0. The van der Waals surface area contributed by atoms with Gasteiger partial charge in [-0.25, -0.2) is 0 Å². The van der Waals surface area contributed by atoms with E-state index in [0.29, 0.717) is 17.8 Å². The van der Waals surface area contributed by atoms with Crippen molar-refractivity contribution in [2.45, 2.75) is 52.4 Å². The summed E-state index contributed by atoms with van der Waals surface area (Å²) in [5, 5.41) is 0. The number of hydrogen-bond donors (Lipinski definition) is 2. The van der Waals surface area contributed by atoms with Crippen molar-refractivity contribution in [3.8, 4) is 0 Å². The van der Waals surface area contributed by atoms with E-state index in [9.17, 15) is 0 Å². The van der Waals surface area contributed by atoms with Crippen LogP contribution in [-0.4, -0.2) is 0 Å². The Hall–Kier alpha value is -1.96. The Labute approximate surface area is 134 Å². The molecule has 22 heavy (non-hydrogen) atoms. The molecular weight excluding hydrogens is 268 g/mol. The molecular formula is C20H28N2. The van der Waals surface area contributed by atoms with Gasteiger partial charge in [0.2, 0.25) is 0 Å². The summed E-state index contributed by atoms with van der Waals surface area (Å²) in [6, 6.07) is 12.7. The molecule has 0 saturated carbocycles. The molecule has 4 N–H and O–H groups in total. The molecule has 0 saturated heterocycles. The smallest absolute Gasteiger partial charge is 0.0384 e. The second-order valence-electron chi connectivity index (χ2n) is 6.81. The SMILES string of the molecule is CC(C)c1cc(C(C)c2ccc(N)cc2)cc(C(C)C)c1N. The summed E-state index contributed by atoms with van der Waals surface area (Å²) in [6.45, 7) is 11.0. The standard InChI is InChI=1S/C20H28N2/c1-12(2)18-10-16(11-19(13(3)4)20(18)22)14(5)15-6-8-17(21)9-7-15/h6-14H,21-22H2,1-5H3. The maximum Gasteiger partial charge on any atom is 0.0384 e. The molecule has 0 aromatic heterocycles. The highest BCUT2D eigenvalue weighted by atomic mass is 14.6. The minimum Gasteiger partial charge on any atom is -0.399 e. The zero-order valence-corrected chi connectivity index (χ0v) is 14.4. The number of benzene rings is 2. The van der Waals surface area contributed by atoms with Gasteiger partial charge in [-0.15, -0.1) is 0 Å². The molecule has 0 heterocycles. The predicted molar refractivity (Wildman–Crippen MR) is 97.4 cm³/mol. The largest absolute Gasteiger partial charge is 0.399 e. The monoisotopic (exact) mass is 296 g/mol. The normalized spacial score (nSPS) is 12.9. The molecule has 0 aliphatic rings. The van der Waals surface area contributed by atoms with Crippen LogP contribution in [-0.2, 0) is 0 Å². The van der Waals surface area contributed by atoms with Gasteiger partial charge in [-0.1, -0.05) is 58.9 Å². The minimum absolute atomic E-state index is 0.330. The van der Waals surface area contributed by atoms with Crippen molar-refractivity contribution in [1.82, 2.24) is 0 Å². The van der Waals surface area contributed by atoms with Gasteiger partial charge in [0.25, 0.3) is 0 Å². The van der Waals surface area contributed by atoms with Crippen LogP contribution in [0.4, 0.5) is 11.4 Å². The lowest BCUT2D eigenvalue weighted by Crippen LogP contribution is -2.07. The number of hydrogen-bond acceptors (Lipinski definition) is 2. The molecule has 0 aliphatic carbocycles. The van der Waals surface area contributed by atoms with E-state index in [0.717, 1.165) is 11.4 Å². The molecule has 2 heteroatoms. The fourth-order valence-electron chi connectivity index (χ4n) is 2.91. The third kappa shape index (κ3) is 3.27. The van der Waals surface area contributed by atoms with Gasteiger partial charge in [0.05, 0.1) is 0 Å². The molecule has 1 atom stereocenters. The Morgan fingerprint density at radius 1 is 0.682 bits per heavy atom. The van der Waals surface area contributed by atoms with Gasteiger partial charge < -0.3 is 11.5 Å². The summed E-state index contributed by atoms with van der Waals surface area (Å²) in [7, 11) is 0. The summed E-state index contributed by atoms with van der Waals surface area (Å²) < 4.78 is 0. The highest BCUT2D eigenvalue weighted by Crippen LogP contribution is 2.35. The first kappa shape index (κ1) is 16.4. The van der Waals surface area contributed by atoms with E-state index < -0.39 is 0 Å². The van der Waals surface area contributed by atoms with E-state index in [4.69, 9.17) is 11.5 Å². The zero-order chi connectivity index (χ0) is 16.4. The van der Waals surface area contributed by atoms with Crippen LogP contribution in [0.3, 0.4) is 0 Å². The second-order valence-corrected chi connectivity index (χ2v) is 6.81. The number of nitrogens with two attached hydrogens (primary N) is 2. The Kier molecular flexibility index (Phi) is 4.80. The van der Waals surface area contributed by atoms with E-state index in [1.807, 2.05) is 12.1 Å². The van der Waals surface area contributed by atoms with Gasteiger partial charge in [-0.3, -0.25) is 0 Å². The zero-order valence-electron chi connectivity index (χ0n) is 14.4. The van der Waals surface area contributed by atoms with Crippen LogP contribution in [0.1, 0.15) is 74.6 Å². The van der Waals surface area contributed by atoms with Crippen molar-refractivity contribution in [3.63, 3.8) is 0 Å². The third-order valence-electron chi connectivity index (χ3n) is 4.45. The van der Waals surface area contributed by atoms with Gasteiger partial charge in [0, 0.05) is 17.3 Å². The molecule has 0 bridgehead atoms. The van der Waals surface area contributed by atoms with Crippen molar-refractivity contribution in [2.75, 3.05) is 11.5 Å². The van der Waals surface area contributed by atoms with Crippen LogP contribution >= 0.6 is 0 Å². The van der Waals surface area contributed by atoms with Crippen LogP contribution in [0.2, 0.25) is 0 Å². The lowest BCUT2D eigenvalue weighted by atomic mass is 9.85. The van der Waals surface area contributed by atoms with Gasteiger partial charge >= 0.3 is 0 Å². The van der Waals surface area contributed by atoms with Gasteiger partial charge in [-0.2, -0.15) is 0 Å². The quantitative estimate of drug-likeness (QED) is 0.757. The average molecular weight is 296 g/mol. The molecule has 0 amide bonds. The molecule has 0 spiro atoms. The summed E-state index contributed by atoms with van der Waals surface area (Å²) in [5.74, 6) is 1.18. The molecule has 0 aliphatic heterocycles. The van der Waals surface area contributed by atoms with E-state index in [-0.39, 0.29) is 0 Å².